The van der Waals surface area contributed by atoms with Crippen LogP contribution < -0.4 is 0 Å². The number of benzene rings is 1. The van der Waals surface area contributed by atoms with Gasteiger partial charge >= 0.3 is 0 Å². The van der Waals surface area contributed by atoms with Gasteiger partial charge in [-0.2, -0.15) is 9.49 Å². The van der Waals surface area contributed by atoms with Gasteiger partial charge in [0.1, 0.15) is 3.70 Å². The van der Waals surface area contributed by atoms with Gasteiger partial charge in [0, 0.05) is 5.39 Å². The summed E-state index contributed by atoms with van der Waals surface area (Å²) in [6, 6.07) is 7.27. The Labute approximate surface area is 123 Å². The van der Waals surface area contributed by atoms with Crippen LogP contribution in [0.4, 0.5) is 4.39 Å². The second-order valence-corrected chi connectivity index (χ2v) is 5.54. The molecule has 19 heavy (non-hydrogen) atoms. The highest BCUT2D eigenvalue weighted by Gasteiger charge is 2.13. The van der Waals surface area contributed by atoms with E-state index in [4.69, 9.17) is 0 Å². The van der Waals surface area contributed by atoms with Crippen LogP contribution in [-0.4, -0.2) is 14.8 Å². The number of fused-ring (bicyclic) bond motifs is 1. The van der Waals surface area contributed by atoms with Gasteiger partial charge in [0.25, 0.3) is 0 Å². The Morgan fingerprint density at radius 2 is 2.00 bits per heavy atom. The summed E-state index contributed by atoms with van der Waals surface area (Å²) in [7, 11) is 0. The van der Waals surface area contributed by atoms with Crippen LogP contribution in [0.5, 0.6) is 0 Å². The Bertz CT molecular complexity index is 762. The molecule has 0 N–H and O–H groups in total. The Morgan fingerprint density at radius 3 is 2.68 bits per heavy atom. The van der Waals surface area contributed by atoms with Crippen LogP contribution in [0.2, 0.25) is 0 Å². The first-order valence-electron chi connectivity index (χ1n) is 5.83. The maximum absolute atomic E-state index is 12.9. The lowest BCUT2D eigenvalue weighted by Crippen LogP contribution is -1.99. The molecule has 0 bridgehead atoms. The number of hydrogen-bond donors (Lipinski definition) is 0. The molecule has 0 unspecified atom stereocenters. The normalized spacial score (nSPS) is 11.2. The molecule has 0 spiro atoms. The molecule has 96 valence electrons. The summed E-state index contributed by atoms with van der Waals surface area (Å²) in [5, 5.41) is 5.65. The summed E-state index contributed by atoms with van der Waals surface area (Å²) >= 11 is 2.22. The van der Waals surface area contributed by atoms with E-state index in [1.54, 1.807) is 6.07 Å². The highest BCUT2D eigenvalue weighted by Crippen LogP contribution is 2.27. The molecule has 0 saturated heterocycles. The number of rotatable bonds is 1. The molecule has 5 heteroatoms. The molecule has 0 aliphatic carbocycles. The third-order valence-corrected chi connectivity index (χ3v) is 3.82. The number of halogens is 2. The third-order valence-electron chi connectivity index (χ3n) is 3.02. The molecule has 3 nitrogen and oxygen atoms in total. The predicted molar refractivity (Wildman–Crippen MR) is 81.0 cm³/mol. The molecule has 2 heterocycles. The van der Waals surface area contributed by atoms with Gasteiger partial charge in [-0.3, -0.25) is 0 Å². The summed E-state index contributed by atoms with van der Waals surface area (Å²) in [5.74, 6) is -0.484. The fourth-order valence-electron chi connectivity index (χ4n) is 2.27. The van der Waals surface area contributed by atoms with Crippen molar-refractivity contribution >= 4 is 33.5 Å². The Morgan fingerprint density at radius 1 is 1.21 bits per heavy atom. The molecule has 0 saturated carbocycles. The first kappa shape index (κ1) is 12.5. The van der Waals surface area contributed by atoms with Crippen molar-refractivity contribution in [2.45, 2.75) is 13.8 Å². The van der Waals surface area contributed by atoms with Crippen molar-refractivity contribution in [2.24, 2.45) is 0 Å². The van der Waals surface area contributed by atoms with Gasteiger partial charge in [-0.25, -0.2) is 9.67 Å². The number of pyridine rings is 1. The third kappa shape index (κ3) is 2.11. The zero-order chi connectivity index (χ0) is 13.6. The highest BCUT2D eigenvalue weighted by molar-refractivity contribution is 14.1. The minimum atomic E-state index is -0.484. The molecule has 0 radical (unpaired) electrons. The van der Waals surface area contributed by atoms with Crippen LogP contribution in [0, 0.1) is 23.5 Å². The van der Waals surface area contributed by atoms with Gasteiger partial charge in [-0.05, 0) is 60.2 Å². The van der Waals surface area contributed by atoms with Crippen LogP contribution in [0.3, 0.4) is 0 Å². The largest absolute Gasteiger partial charge is 0.230 e. The van der Waals surface area contributed by atoms with Crippen molar-refractivity contribution in [1.29, 1.82) is 0 Å². The summed E-state index contributed by atoms with van der Waals surface area (Å²) in [5.41, 5.74) is 4.17. The number of hydrogen-bond acceptors (Lipinski definition) is 2. The maximum atomic E-state index is 12.9. The Hall–Kier alpha value is -1.50. The maximum Gasteiger partial charge on any atom is 0.212 e. The number of aromatic nitrogens is 3. The summed E-state index contributed by atoms with van der Waals surface area (Å²) in [6.07, 6.45) is 1.50. The smallest absolute Gasteiger partial charge is 0.212 e. The molecule has 0 atom stereocenters. The second-order valence-electron chi connectivity index (χ2n) is 4.52. The lowest BCUT2D eigenvalue weighted by molar-refractivity contribution is 0.582. The van der Waals surface area contributed by atoms with Gasteiger partial charge in [0.05, 0.1) is 17.4 Å². The summed E-state index contributed by atoms with van der Waals surface area (Å²) < 4.78 is 15.7. The zero-order valence-electron chi connectivity index (χ0n) is 10.5. The van der Waals surface area contributed by atoms with Crippen molar-refractivity contribution in [3.8, 4) is 5.69 Å². The van der Waals surface area contributed by atoms with Gasteiger partial charge in [-0.1, -0.05) is 11.6 Å². The quantitative estimate of drug-likeness (QED) is 0.484. The highest BCUT2D eigenvalue weighted by atomic mass is 127. The van der Waals surface area contributed by atoms with E-state index in [9.17, 15) is 4.39 Å². The SMILES string of the molecule is Cc1cc(C)c2c(c1)c(I)nn2-c1ccc(F)nc1. The minimum absolute atomic E-state index is 0.484. The first-order chi connectivity index (χ1) is 9.06. The molecule has 1 aromatic carbocycles. The summed E-state index contributed by atoms with van der Waals surface area (Å²) in [6.45, 7) is 4.12. The van der Waals surface area contributed by atoms with E-state index >= 15 is 0 Å². The number of nitrogens with zero attached hydrogens (tertiary/aromatic N) is 3. The average molecular weight is 367 g/mol. The van der Waals surface area contributed by atoms with Crippen molar-refractivity contribution < 1.29 is 4.39 Å². The molecule has 0 aliphatic rings. The molecular weight excluding hydrogens is 356 g/mol. The Balaban J connectivity index is 2.33. The lowest BCUT2D eigenvalue weighted by Gasteiger charge is -2.05. The van der Waals surface area contributed by atoms with Crippen LogP contribution in [0.25, 0.3) is 16.6 Å². The molecule has 0 amide bonds. The Kier molecular flexibility index (Phi) is 3.00. The zero-order valence-corrected chi connectivity index (χ0v) is 12.6. The molecule has 3 rings (SSSR count). The van der Waals surface area contributed by atoms with Crippen molar-refractivity contribution in [2.75, 3.05) is 0 Å². The molecule has 0 aliphatic heterocycles. The van der Waals surface area contributed by atoms with E-state index in [2.05, 4.69) is 58.7 Å². The topological polar surface area (TPSA) is 30.7 Å². The van der Waals surface area contributed by atoms with Crippen LogP contribution >= 0.6 is 22.6 Å². The molecule has 2 aromatic heterocycles. The second kappa shape index (κ2) is 4.56. The predicted octanol–water partition coefficient (Wildman–Crippen LogP) is 3.78. The van der Waals surface area contributed by atoms with Crippen molar-refractivity contribution in [3.05, 3.63) is 51.2 Å². The molecular formula is C14H11FIN3. The fraction of sp³-hybridized carbons (Fsp3) is 0.143. The first-order valence-corrected chi connectivity index (χ1v) is 6.91. The fourth-order valence-corrected chi connectivity index (χ4v) is 2.90. The van der Waals surface area contributed by atoms with Crippen molar-refractivity contribution in [3.63, 3.8) is 0 Å². The van der Waals surface area contributed by atoms with E-state index in [1.165, 1.54) is 17.8 Å². The van der Waals surface area contributed by atoms with Gasteiger partial charge in [0.15, 0.2) is 0 Å². The van der Waals surface area contributed by atoms with Gasteiger partial charge < -0.3 is 0 Å². The van der Waals surface area contributed by atoms with E-state index in [1.807, 2.05) is 4.68 Å². The van der Waals surface area contributed by atoms with Crippen LogP contribution in [0.1, 0.15) is 11.1 Å². The van der Waals surface area contributed by atoms with Crippen LogP contribution in [-0.2, 0) is 0 Å². The van der Waals surface area contributed by atoms with Crippen molar-refractivity contribution in [1.82, 2.24) is 14.8 Å². The summed E-state index contributed by atoms with van der Waals surface area (Å²) in [4.78, 5) is 3.69. The average Bonchev–Trinajstić information content (AvgIpc) is 2.68. The number of aryl methyl sites for hydroxylation is 2. The van der Waals surface area contributed by atoms with E-state index < -0.39 is 5.95 Å². The molecule has 3 aromatic rings. The lowest BCUT2D eigenvalue weighted by atomic mass is 10.1. The van der Waals surface area contributed by atoms with E-state index in [0.29, 0.717) is 0 Å². The van der Waals surface area contributed by atoms with Crippen LogP contribution in [0.15, 0.2) is 30.5 Å². The minimum Gasteiger partial charge on any atom is -0.230 e. The van der Waals surface area contributed by atoms with E-state index in [0.717, 1.165) is 25.9 Å². The van der Waals surface area contributed by atoms with Gasteiger partial charge in [0.2, 0.25) is 5.95 Å². The monoisotopic (exact) mass is 367 g/mol. The van der Waals surface area contributed by atoms with E-state index in [-0.39, 0.29) is 0 Å². The van der Waals surface area contributed by atoms with Gasteiger partial charge in [-0.15, -0.1) is 0 Å². The molecule has 0 fully saturated rings. The standard InChI is InChI=1S/C14H11FIN3/c1-8-5-9(2)13-11(6-8)14(16)18-19(13)10-3-4-12(15)17-7-10/h3-7H,1-2H3.